The maximum atomic E-state index is 12.4. The number of carbonyl (C=O) groups excluding carboxylic acids is 2. The third-order valence-corrected chi connectivity index (χ3v) is 3.26. The van der Waals surface area contributed by atoms with E-state index in [4.69, 9.17) is 5.26 Å². The van der Waals surface area contributed by atoms with E-state index in [2.05, 4.69) is 5.32 Å². The topological polar surface area (TPSA) is 70.0 Å². The van der Waals surface area contributed by atoms with E-state index >= 15 is 0 Å². The number of rotatable bonds is 4. The fraction of sp³-hybridized carbons (Fsp3) is 0.118. The second-order valence-corrected chi connectivity index (χ2v) is 4.64. The van der Waals surface area contributed by atoms with Crippen molar-refractivity contribution in [3.63, 3.8) is 0 Å². The van der Waals surface area contributed by atoms with Crippen molar-refractivity contribution >= 4 is 11.7 Å². The summed E-state index contributed by atoms with van der Waals surface area (Å²) in [7, 11) is 0. The predicted molar refractivity (Wildman–Crippen MR) is 78.5 cm³/mol. The molecule has 4 heteroatoms. The summed E-state index contributed by atoms with van der Waals surface area (Å²) in [4.78, 5) is 24.0. The van der Waals surface area contributed by atoms with Gasteiger partial charge in [-0.05, 0) is 18.6 Å². The standard InChI is InChI=1S/C17H14N2O2/c1-12(17(21)19-11-18)14-8-5-9-15(10-14)16(20)13-6-3-2-4-7-13/h2-10,12H,1H3,(H,19,21). The second kappa shape index (κ2) is 6.49. The molecule has 1 atom stereocenters. The first kappa shape index (κ1) is 14.5. The molecule has 2 aromatic carbocycles. The summed E-state index contributed by atoms with van der Waals surface area (Å²) in [6, 6.07) is 15.9. The van der Waals surface area contributed by atoms with Crippen molar-refractivity contribution in [2.45, 2.75) is 12.8 Å². The molecule has 0 aromatic heterocycles. The van der Waals surface area contributed by atoms with Crippen LogP contribution in [0.4, 0.5) is 0 Å². The lowest BCUT2D eigenvalue weighted by Crippen LogP contribution is -2.23. The Hall–Kier alpha value is -2.93. The Morgan fingerprint density at radius 3 is 2.38 bits per heavy atom. The molecule has 2 rings (SSSR count). The summed E-state index contributed by atoms with van der Waals surface area (Å²) >= 11 is 0. The molecule has 21 heavy (non-hydrogen) atoms. The number of hydrogen-bond donors (Lipinski definition) is 1. The highest BCUT2D eigenvalue weighted by atomic mass is 16.1. The van der Waals surface area contributed by atoms with Crippen LogP contribution in [0.5, 0.6) is 0 Å². The van der Waals surface area contributed by atoms with Gasteiger partial charge in [-0.3, -0.25) is 14.9 Å². The van der Waals surface area contributed by atoms with Crippen LogP contribution in [-0.2, 0) is 4.79 Å². The number of benzene rings is 2. The Bertz CT molecular complexity index is 702. The van der Waals surface area contributed by atoms with E-state index in [-0.39, 0.29) is 11.7 Å². The van der Waals surface area contributed by atoms with Gasteiger partial charge in [-0.25, -0.2) is 0 Å². The molecule has 0 heterocycles. The van der Waals surface area contributed by atoms with Crippen LogP contribution in [0.25, 0.3) is 0 Å². The number of hydrogen-bond acceptors (Lipinski definition) is 3. The molecule has 1 amide bonds. The van der Waals surface area contributed by atoms with Gasteiger partial charge in [0.25, 0.3) is 0 Å². The number of carbonyl (C=O) groups is 2. The zero-order chi connectivity index (χ0) is 15.2. The average molecular weight is 278 g/mol. The van der Waals surface area contributed by atoms with Gasteiger partial charge in [-0.1, -0.05) is 48.5 Å². The average Bonchev–Trinajstić information content (AvgIpc) is 2.54. The van der Waals surface area contributed by atoms with E-state index in [9.17, 15) is 9.59 Å². The van der Waals surface area contributed by atoms with E-state index in [1.807, 2.05) is 6.07 Å². The molecule has 1 N–H and O–H groups in total. The minimum atomic E-state index is -0.492. The van der Waals surface area contributed by atoms with E-state index in [1.54, 1.807) is 61.6 Å². The van der Waals surface area contributed by atoms with Crippen molar-refractivity contribution in [3.05, 3.63) is 71.3 Å². The van der Waals surface area contributed by atoms with Gasteiger partial charge in [-0.2, -0.15) is 5.26 Å². The number of nitrogens with one attached hydrogen (secondary N) is 1. The molecule has 104 valence electrons. The molecule has 0 aliphatic heterocycles. The first-order chi connectivity index (χ1) is 10.1. The van der Waals surface area contributed by atoms with Crippen LogP contribution >= 0.6 is 0 Å². The Labute approximate surface area is 123 Å². The van der Waals surface area contributed by atoms with E-state index in [0.717, 1.165) is 0 Å². The molecule has 0 saturated carbocycles. The van der Waals surface area contributed by atoms with Crippen LogP contribution in [0.1, 0.15) is 34.3 Å². The summed E-state index contributed by atoms with van der Waals surface area (Å²) in [5, 5.41) is 10.6. The molecule has 1 unspecified atom stereocenters. The minimum absolute atomic E-state index is 0.0923. The lowest BCUT2D eigenvalue weighted by molar-refractivity contribution is -0.121. The summed E-state index contributed by atoms with van der Waals surface area (Å²) in [5.74, 6) is -0.972. The number of ketones is 1. The van der Waals surface area contributed by atoms with Crippen molar-refractivity contribution in [1.29, 1.82) is 5.26 Å². The maximum absolute atomic E-state index is 12.4. The van der Waals surface area contributed by atoms with Gasteiger partial charge in [0.15, 0.2) is 12.0 Å². The smallest absolute Gasteiger partial charge is 0.240 e. The number of nitriles is 1. The van der Waals surface area contributed by atoms with Crippen LogP contribution in [0, 0.1) is 11.5 Å². The quantitative estimate of drug-likeness (QED) is 0.531. The lowest BCUT2D eigenvalue weighted by atomic mass is 9.95. The maximum Gasteiger partial charge on any atom is 0.240 e. The molecule has 2 aromatic rings. The van der Waals surface area contributed by atoms with Gasteiger partial charge < -0.3 is 0 Å². The normalized spacial score (nSPS) is 11.2. The van der Waals surface area contributed by atoms with Gasteiger partial charge in [0.1, 0.15) is 0 Å². The number of nitrogens with zero attached hydrogens (tertiary/aromatic N) is 1. The molecular formula is C17H14N2O2. The predicted octanol–water partition coefficient (Wildman–Crippen LogP) is 2.62. The highest BCUT2D eigenvalue weighted by molar-refractivity contribution is 6.09. The van der Waals surface area contributed by atoms with E-state index in [0.29, 0.717) is 16.7 Å². The van der Waals surface area contributed by atoms with Gasteiger partial charge in [0, 0.05) is 11.1 Å². The van der Waals surface area contributed by atoms with Crippen LogP contribution in [0.2, 0.25) is 0 Å². The second-order valence-electron chi connectivity index (χ2n) is 4.64. The molecule has 0 aliphatic carbocycles. The number of amides is 1. The molecule has 0 saturated heterocycles. The van der Waals surface area contributed by atoms with Crippen LogP contribution < -0.4 is 5.32 Å². The molecule has 0 fully saturated rings. The third-order valence-electron chi connectivity index (χ3n) is 3.26. The minimum Gasteiger partial charge on any atom is -0.289 e. The van der Waals surface area contributed by atoms with Crippen molar-refractivity contribution in [3.8, 4) is 6.19 Å². The van der Waals surface area contributed by atoms with Crippen LogP contribution in [0.15, 0.2) is 54.6 Å². The molecule has 0 bridgehead atoms. The SMILES string of the molecule is CC(C(=O)NC#N)c1cccc(C(=O)c2ccccc2)c1. The summed E-state index contributed by atoms with van der Waals surface area (Å²) in [5.41, 5.74) is 1.82. The first-order valence-electron chi connectivity index (χ1n) is 6.52. The molecule has 0 aliphatic rings. The summed E-state index contributed by atoms with van der Waals surface area (Å²) in [6.07, 6.45) is 1.61. The Morgan fingerprint density at radius 1 is 1.05 bits per heavy atom. The molecule has 0 radical (unpaired) electrons. The molecular weight excluding hydrogens is 264 g/mol. The van der Waals surface area contributed by atoms with Crippen LogP contribution in [0.3, 0.4) is 0 Å². The van der Waals surface area contributed by atoms with Crippen molar-refractivity contribution in [2.24, 2.45) is 0 Å². The summed E-state index contributed by atoms with van der Waals surface area (Å²) in [6.45, 7) is 1.69. The highest BCUT2D eigenvalue weighted by Crippen LogP contribution is 2.18. The van der Waals surface area contributed by atoms with Crippen molar-refractivity contribution in [2.75, 3.05) is 0 Å². The fourth-order valence-corrected chi connectivity index (χ4v) is 2.02. The first-order valence-corrected chi connectivity index (χ1v) is 6.52. The summed E-state index contributed by atoms with van der Waals surface area (Å²) < 4.78 is 0. The third kappa shape index (κ3) is 3.34. The van der Waals surface area contributed by atoms with Gasteiger partial charge in [0.2, 0.25) is 5.91 Å². The highest BCUT2D eigenvalue weighted by Gasteiger charge is 2.16. The Kier molecular flexibility index (Phi) is 4.47. The molecule has 4 nitrogen and oxygen atoms in total. The van der Waals surface area contributed by atoms with Gasteiger partial charge in [0.05, 0.1) is 5.92 Å². The molecule has 0 spiro atoms. The largest absolute Gasteiger partial charge is 0.289 e. The van der Waals surface area contributed by atoms with Gasteiger partial charge in [-0.15, -0.1) is 0 Å². The fourth-order valence-electron chi connectivity index (χ4n) is 2.02. The zero-order valence-corrected chi connectivity index (χ0v) is 11.5. The van der Waals surface area contributed by atoms with E-state index in [1.165, 1.54) is 0 Å². The van der Waals surface area contributed by atoms with Crippen LogP contribution in [-0.4, -0.2) is 11.7 Å². The Morgan fingerprint density at radius 2 is 1.71 bits per heavy atom. The Balaban J connectivity index is 2.28. The van der Waals surface area contributed by atoms with Crippen molar-refractivity contribution in [1.82, 2.24) is 5.32 Å². The van der Waals surface area contributed by atoms with Crippen molar-refractivity contribution < 1.29 is 9.59 Å². The van der Waals surface area contributed by atoms with Gasteiger partial charge >= 0.3 is 0 Å². The zero-order valence-electron chi connectivity index (χ0n) is 11.5. The van der Waals surface area contributed by atoms with E-state index < -0.39 is 5.92 Å². The lowest BCUT2D eigenvalue weighted by Gasteiger charge is -2.10. The monoisotopic (exact) mass is 278 g/mol.